The third-order valence-corrected chi connectivity index (χ3v) is 3.46. The van der Waals surface area contributed by atoms with Crippen LogP contribution in [0.5, 0.6) is 0 Å². The molecule has 0 fully saturated rings. The molecular formula is C15H9ClN4. The van der Waals surface area contributed by atoms with E-state index < -0.39 is 0 Å². The third kappa shape index (κ3) is 1.82. The number of H-pyrrole nitrogens is 1. The minimum absolute atomic E-state index is 0.688. The first kappa shape index (κ1) is 11.4. The molecule has 0 atom stereocenters. The maximum absolute atomic E-state index is 6.01. The number of aromatic amines is 1. The van der Waals surface area contributed by atoms with Crippen molar-refractivity contribution in [2.24, 2.45) is 0 Å². The van der Waals surface area contributed by atoms with E-state index >= 15 is 0 Å². The fourth-order valence-corrected chi connectivity index (χ4v) is 2.43. The fraction of sp³-hybridized carbons (Fsp3) is 0. The summed E-state index contributed by atoms with van der Waals surface area (Å²) in [5.41, 5.74) is 4.40. The lowest BCUT2D eigenvalue weighted by Gasteiger charge is -2.03. The van der Waals surface area contributed by atoms with Crippen molar-refractivity contribution in [3.05, 3.63) is 53.8 Å². The number of halogens is 1. The van der Waals surface area contributed by atoms with E-state index in [0.717, 1.165) is 33.2 Å². The second-order valence-corrected chi connectivity index (χ2v) is 5.00. The van der Waals surface area contributed by atoms with E-state index in [-0.39, 0.29) is 0 Å². The van der Waals surface area contributed by atoms with E-state index in [1.54, 1.807) is 12.4 Å². The van der Waals surface area contributed by atoms with Crippen LogP contribution in [-0.4, -0.2) is 20.2 Å². The van der Waals surface area contributed by atoms with Crippen molar-refractivity contribution in [1.82, 2.24) is 20.2 Å². The van der Waals surface area contributed by atoms with E-state index in [9.17, 15) is 0 Å². The lowest BCUT2D eigenvalue weighted by atomic mass is 10.1. The summed E-state index contributed by atoms with van der Waals surface area (Å²) < 4.78 is 0. The van der Waals surface area contributed by atoms with E-state index in [0.29, 0.717) is 5.02 Å². The van der Waals surface area contributed by atoms with E-state index in [1.807, 2.05) is 36.4 Å². The van der Waals surface area contributed by atoms with Gasteiger partial charge in [-0.05, 0) is 24.3 Å². The number of aromatic nitrogens is 4. The monoisotopic (exact) mass is 280 g/mol. The van der Waals surface area contributed by atoms with Crippen LogP contribution in [-0.2, 0) is 0 Å². The molecule has 4 rings (SSSR count). The molecule has 2 aromatic heterocycles. The van der Waals surface area contributed by atoms with Gasteiger partial charge in [-0.25, -0.2) is 4.98 Å². The van der Waals surface area contributed by atoms with Gasteiger partial charge < -0.3 is 0 Å². The van der Waals surface area contributed by atoms with Crippen molar-refractivity contribution >= 4 is 33.5 Å². The molecule has 0 bridgehead atoms. The summed E-state index contributed by atoms with van der Waals surface area (Å²) in [6.45, 7) is 0. The molecule has 0 saturated carbocycles. The third-order valence-electron chi connectivity index (χ3n) is 3.22. The zero-order chi connectivity index (χ0) is 13.5. The summed E-state index contributed by atoms with van der Waals surface area (Å²) in [4.78, 5) is 9.12. The molecule has 4 aromatic rings. The highest BCUT2D eigenvalue weighted by Gasteiger charge is 2.05. The van der Waals surface area contributed by atoms with Crippen molar-refractivity contribution in [3.63, 3.8) is 0 Å². The van der Waals surface area contributed by atoms with E-state index in [1.165, 1.54) is 0 Å². The molecule has 0 spiro atoms. The first-order chi connectivity index (χ1) is 9.79. The van der Waals surface area contributed by atoms with Crippen LogP contribution in [0.15, 0.2) is 48.8 Å². The SMILES string of the molecule is Clc1cccc(-c2cnc3cc4cn[nH]c4cc3n2)c1. The number of benzene rings is 2. The predicted molar refractivity (Wildman–Crippen MR) is 79.6 cm³/mol. The van der Waals surface area contributed by atoms with Crippen molar-refractivity contribution in [1.29, 1.82) is 0 Å². The van der Waals surface area contributed by atoms with Crippen LogP contribution in [0.2, 0.25) is 5.02 Å². The maximum atomic E-state index is 6.01. The number of rotatable bonds is 1. The molecule has 2 heterocycles. The van der Waals surface area contributed by atoms with Crippen LogP contribution in [0.3, 0.4) is 0 Å². The highest BCUT2D eigenvalue weighted by Crippen LogP contribution is 2.24. The predicted octanol–water partition coefficient (Wildman–Crippen LogP) is 3.83. The lowest BCUT2D eigenvalue weighted by Crippen LogP contribution is -1.88. The van der Waals surface area contributed by atoms with Crippen molar-refractivity contribution in [3.8, 4) is 11.3 Å². The average molecular weight is 281 g/mol. The van der Waals surface area contributed by atoms with Crippen LogP contribution >= 0.6 is 11.6 Å². The van der Waals surface area contributed by atoms with Crippen LogP contribution in [0.4, 0.5) is 0 Å². The Kier molecular flexibility index (Phi) is 2.44. The Morgan fingerprint density at radius 3 is 2.85 bits per heavy atom. The zero-order valence-corrected chi connectivity index (χ0v) is 11.1. The van der Waals surface area contributed by atoms with Gasteiger partial charge >= 0.3 is 0 Å². The highest BCUT2D eigenvalue weighted by molar-refractivity contribution is 6.30. The number of hydrogen-bond donors (Lipinski definition) is 1. The van der Waals surface area contributed by atoms with Gasteiger partial charge in [0.25, 0.3) is 0 Å². The Morgan fingerprint density at radius 2 is 1.95 bits per heavy atom. The van der Waals surface area contributed by atoms with E-state index in [2.05, 4.69) is 20.2 Å². The van der Waals surface area contributed by atoms with Crippen LogP contribution in [0.25, 0.3) is 33.2 Å². The molecule has 0 amide bonds. The molecule has 96 valence electrons. The minimum Gasteiger partial charge on any atom is -0.278 e. The number of fused-ring (bicyclic) bond motifs is 2. The Morgan fingerprint density at radius 1 is 1.00 bits per heavy atom. The molecule has 1 N–H and O–H groups in total. The number of nitrogens with one attached hydrogen (secondary N) is 1. The van der Waals surface area contributed by atoms with Gasteiger partial charge in [0.2, 0.25) is 0 Å². The Labute approximate surface area is 119 Å². The van der Waals surface area contributed by atoms with Gasteiger partial charge in [0.05, 0.1) is 34.6 Å². The van der Waals surface area contributed by atoms with Gasteiger partial charge in [-0.3, -0.25) is 10.1 Å². The van der Waals surface area contributed by atoms with E-state index in [4.69, 9.17) is 11.6 Å². The molecule has 4 nitrogen and oxygen atoms in total. The molecular weight excluding hydrogens is 272 g/mol. The first-order valence-corrected chi connectivity index (χ1v) is 6.53. The smallest absolute Gasteiger partial charge is 0.0916 e. The molecule has 0 aliphatic heterocycles. The molecule has 2 aromatic carbocycles. The van der Waals surface area contributed by atoms with Gasteiger partial charge in [-0.15, -0.1) is 0 Å². The lowest BCUT2D eigenvalue weighted by molar-refractivity contribution is 1.12. The second-order valence-electron chi connectivity index (χ2n) is 4.56. The Hall–Kier alpha value is -2.46. The van der Waals surface area contributed by atoms with Gasteiger partial charge in [-0.2, -0.15) is 5.10 Å². The summed E-state index contributed by atoms with van der Waals surface area (Å²) in [7, 11) is 0. The molecule has 5 heteroatoms. The Balaban J connectivity index is 1.95. The van der Waals surface area contributed by atoms with Crippen molar-refractivity contribution in [2.75, 3.05) is 0 Å². The average Bonchev–Trinajstić information content (AvgIpc) is 2.91. The molecule has 0 unspecified atom stereocenters. The normalized spacial score (nSPS) is 11.2. The molecule has 20 heavy (non-hydrogen) atoms. The number of hydrogen-bond acceptors (Lipinski definition) is 3. The van der Waals surface area contributed by atoms with Gasteiger partial charge in [0.1, 0.15) is 0 Å². The van der Waals surface area contributed by atoms with Gasteiger partial charge in [-0.1, -0.05) is 23.7 Å². The fourth-order valence-electron chi connectivity index (χ4n) is 2.24. The van der Waals surface area contributed by atoms with Crippen molar-refractivity contribution in [2.45, 2.75) is 0 Å². The summed E-state index contributed by atoms with van der Waals surface area (Å²) >= 11 is 6.01. The first-order valence-electron chi connectivity index (χ1n) is 6.15. The number of nitrogens with zero attached hydrogens (tertiary/aromatic N) is 3. The Bertz CT molecular complexity index is 929. The topological polar surface area (TPSA) is 54.5 Å². The van der Waals surface area contributed by atoms with Gasteiger partial charge in [0, 0.05) is 16.0 Å². The van der Waals surface area contributed by atoms with Crippen LogP contribution < -0.4 is 0 Å². The molecule has 0 radical (unpaired) electrons. The molecule has 0 saturated heterocycles. The van der Waals surface area contributed by atoms with Crippen LogP contribution in [0.1, 0.15) is 0 Å². The zero-order valence-electron chi connectivity index (χ0n) is 10.3. The van der Waals surface area contributed by atoms with Crippen molar-refractivity contribution < 1.29 is 0 Å². The summed E-state index contributed by atoms with van der Waals surface area (Å²) in [5, 5.41) is 8.68. The standard InChI is InChI=1S/C15H9ClN4/c16-11-3-1-2-9(4-11)15-8-17-13-5-10-7-18-20-12(10)6-14(13)19-15/h1-8H,(H,18,20). The minimum atomic E-state index is 0.688. The van der Waals surface area contributed by atoms with Gasteiger partial charge in [0.15, 0.2) is 0 Å². The van der Waals surface area contributed by atoms with Crippen LogP contribution in [0, 0.1) is 0 Å². The highest BCUT2D eigenvalue weighted by atomic mass is 35.5. The summed E-state index contributed by atoms with van der Waals surface area (Å²) in [6.07, 6.45) is 3.54. The molecule has 0 aliphatic rings. The largest absolute Gasteiger partial charge is 0.278 e. The second kappa shape index (κ2) is 4.28. The molecule has 0 aliphatic carbocycles. The quantitative estimate of drug-likeness (QED) is 0.576. The summed E-state index contributed by atoms with van der Waals surface area (Å²) in [6, 6.07) is 11.5. The summed E-state index contributed by atoms with van der Waals surface area (Å²) in [5.74, 6) is 0. The maximum Gasteiger partial charge on any atom is 0.0916 e.